The Bertz CT molecular complexity index is 694. The average molecular weight is 537 g/mol. The summed E-state index contributed by atoms with van der Waals surface area (Å²) in [5.74, 6) is -2.66. The molecule has 214 valence electrons. The lowest BCUT2D eigenvalue weighted by Crippen LogP contribution is -2.31. The van der Waals surface area contributed by atoms with Gasteiger partial charge in [-0.15, -0.1) is 0 Å². The smallest absolute Gasteiger partial charge is 0.330 e. The van der Waals surface area contributed by atoms with E-state index >= 15 is 0 Å². The highest BCUT2D eigenvalue weighted by Crippen LogP contribution is 2.09. The van der Waals surface area contributed by atoms with Crippen LogP contribution in [-0.4, -0.2) is 113 Å². The number of carbonyl (C=O) groups is 3. The number of hydrogen-bond donors (Lipinski definition) is 2. The van der Waals surface area contributed by atoms with E-state index in [2.05, 4.69) is 0 Å². The summed E-state index contributed by atoms with van der Waals surface area (Å²) in [5.41, 5.74) is 0. The first-order valence-electron chi connectivity index (χ1n) is 11.6. The van der Waals surface area contributed by atoms with Crippen LogP contribution in [0.3, 0.4) is 0 Å². The van der Waals surface area contributed by atoms with Gasteiger partial charge in [0.15, 0.2) is 0 Å². The molecule has 0 saturated carbocycles. The van der Waals surface area contributed by atoms with E-state index in [1.54, 1.807) is 14.0 Å². The van der Waals surface area contributed by atoms with Crippen LogP contribution in [0.15, 0.2) is 24.3 Å². The van der Waals surface area contributed by atoms with E-state index in [0.29, 0.717) is 19.8 Å². The zero-order chi connectivity index (χ0) is 28.1. The van der Waals surface area contributed by atoms with Crippen LogP contribution in [0.4, 0.5) is 0 Å². The molecule has 0 aromatic heterocycles. The molecule has 2 N–H and O–H groups in total. The monoisotopic (exact) mass is 536 g/mol. The summed E-state index contributed by atoms with van der Waals surface area (Å²) in [5, 5.41) is 18.9. The van der Waals surface area contributed by atoms with Crippen molar-refractivity contribution in [3.63, 3.8) is 0 Å². The Hall–Kier alpha value is -2.39. The highest BCUT2D eigenvalue weighted by Gasteiger charge is 2.21. The van der Waals surface area contributed by atoms with Gasteiger partial charge in [-0.2, -0.15) is 0 Å². The lowest BCUT2D eigenvalue weighted by Gasteiger charge is -2.21. The number of carboxylic acids is 1. The van der Waals surface area contributed by atoms with Gasteiger partial charge in [0.2, 0.25) is 0 Å². The summed E-state index contributed by atoms with van der Waals surface area (Å²) >= 11 is 0. The lowest BCUT2D eigenvalue weighted by atomic mass is 10.2. The number of carbonyl (C=O) groups excluding carboxylic acids is 2. The van der Waals surface area contributed by atoms with Crippen molar-refractivity contribution in [2.24, 2.45) is 0 Å². The summed E-state index contributed by atoms with van der Waals surface area (Å²) in [6, 6.07) is 0. The van der Waals surface area contributed by atoms with Gasteiger partial charge in [-0.1, -0.05) is 0 Å². The van der Waals surface area contributed by atoms with Crippen LogP contribution in [0.5, 0.6) is 0 Å². The van der Waals surface area contributed by atoms with Crippen molar-refractivity contribution in [3.8, 4) is 0 Å². The minimum absolute atomic E-state index is 0.0494. The van der Waals surface area contributed by atoms with Gasteiger partial charge >= 0.3 is 17.9 Å². The number of esters is 2. The van der Waals surface area contributed by atoms with Gasteiger partial charge < -0.3 is 48.1 Å². The average Bonchev–Trinajstić information content (AvgIpc) is 2.83. The van der Waals surface area contributed by atoms with E-state index in [1.165, 1.54) is 33.1 Å². The molecular formula is C24H40O13. The Morgan fingerprint density at radius 2 is 1.30 bits per heavy atom. The van der Waals surface area contributed by atoms with E-state index in [9.17, 15) is 19.5 Å². The topological polar surface area (TPSA) is 166 Å². The van der Waals surface area contributed by atoms with Gasteiger partial charge in [-0.25, -0.2) is 9.59 Å². The standard InChI is InChI=1S/C24H40O13/c1-17(14-22(26)27)36-23(28)9-7-21(35-16-33-13-11-31-5)19(3)37-24(29)8-6-20(25)18(2)34-15-32-12-10-30-4/h6-9,17-21,25H,10-16H2,1-5H3,(H,26,27)/b8-6+,9-7+/t17-,18-,19-,20+,21+/m0/s1. The number of ether oxygens (including phenoxy) is 8. The van der Waals surface area contributed by atoms with E-state index in [1.807, 2.05) is 0 Å². The van der Waals surface area contributed by atoms with Crippen molar-refractivity contribution in [1.29, 1.82) is 0 Å². The second-order valence-electron chi connectivity index (χ2n) is 7.74. The van der Waals surface area contributed by atoms with Crippen LogP contribution in [-0.2, 0) is 52.3 Å². The Morgan fingerprint density at radius 1 is 0.757 bits per heavy atom. The number of carboxylic acid groups (broad SMARTS) is 1. The maximum atomic E-state index is 12.2. The van der Waals surface area contributed by atoms with Crippen LogP contribution in [0.1, 0.15) is 27.2 Å². The van der Waals surface area contributed by atoms with E-state index in [4.69, 9.17) is 43.0 Å². The number of methoxy groups -OCH3 is 2. The normalized spacial score (nSPS) is 15.8. The lowest BCUT2D eigenvalue weighted by molar-refractivity contribution is -0.155. The number of aliphatic hydroxyl groups is 1. The van der Waals surface area contributed by atoms with Gasteiger partial charge in [0.1, 0.15) is 31.9 Å². The first-order chi connectivity index (χ1) is 17.6. The Kier molecular flexibility index (Phi) is 20.3. The quantitative estimate of drug-likeness (QED) is 0.0865. The molecule has 0 unspecified atom stereocenters. The maximum Gasteiger partial charge on any atom is 0.330 e. The highest BCUT2D eigenvalue weighted by atomic mass is 16.7. The molecular weight excluding hydrogens is 496 g/mol. The third kappa shape index (κ3) is 19.4. The second kappa shape index (κ2) is 21.7. The summed E-state index contributed by atoms with van der Waals surface area (Å²) in [6.07, 6.45) is -0.0754. The zero-order valence-corrected chi connectivity index (χ0v) is 22.0. The Labute approximate surface area is 217 Å². The van der Waals surface area contributed by atoms with Gasteiger partial charge in [0.05, 0.1) is 45.1 Å². The SMILES string of the molecule is COCCOCO[C@@H](C)[C@H](O)/C=C/C(=O)O[C@@H](C)[C@@H](/C=C/C(=O)O[C@@H](C)CC(=O)O)OCOCCOC. The molecule has 0 amide bonds. The Balaban J connectivity index is 4.89. The van der Waals surface area contributed by atoms with Crippen molar-refractivity contribution < 1.29 is 62.5 Å². The predicted octanol–water partition coefficient (Wildman–Crippen LogP) is 0.829. The minimum atomic E-state index is -1.10. The molecule has 0 rings (SSSR count). The fourth-order valence-electron chi connectivity index (χ4n) is 2.45. The molecule has 13 nitrogen and oxygen atoms in total. The van der Waals surface area contributed by atoms with Crippen LogP contribution < -0.4 is 0 Å². The van der Waals surface area contributed by atoms with Crippen LogP contribution >= 0.6 is 0 Å². The molecule has 37 heavy (non-hydrogen) atoms. The van der Waals surface area contributed by atoms with Crippen LogP contribution in [0.2, 0.25) is 0 Å². The molecule has 0 aliphatic carbocycles. The second-order valence-corrected chi connectivity index (χ2v) is 7.74. The Morgan fingerprint density at radius 3 is 1.86 bits per heavy atom. The molecule has 13 heteroatoms. The third-order valence-corrected chi connectivity index (χ3v) is 4.50. The number of hydrogen-bond acceptors (Lipinski definition) is 12. The fourth-order valence-corrected chi connectivity index (χ4v) is 2.45. The van der Waals surface area contributed by atoms with Crippen LogP contribution in [0, 0.1) is 0 Å². The molecule has 0 spiro atoms. The minimum Gasteiger partial charge on any atom is -0.481 e. The van der Waals surface area contributed by atoms with Gasteiger partial charge in [-0.05, 0) is 32.9 Å². The molecule has 0 aliphatic heterocycles. The van der Waals surface area contributed by atoms with Crippen molar-refractivity contribution in [2.75, 3.05) is 54.2 Å². The first kappa shape index (κ1) is 34.6. The first-order valence-corrected chi connectivity index (χ1v) is 11.6. The van der Waals surface area contributed by atoms with E-state index in [0.717, 1.165) is 12.2 Å². The summed E-state index contributed by atoms with van der Waals surface area (Å²) in [4.78, 5) is 35.0. The number of rotatable bonds is 22. The van der Waals surface area contributed by atoms with Gasteiger partial charge in [-0.3, -0.25) is 4.79 Å². The molecule has 0 heterocycles. The van der Waals surface area contributed by atoms with Crippen molar-refractivity contribution >= 4 is 17.9 Å². The van der Waals surface area contributed by atoms with Crippen molar-refractivity contribution in [2.45, 2.75) is 57.7 Å². The van der Waals surface area contributed by atoms with E-state index < -0.39 is 48.4 Å². The van der Waals surface area contributed by atoms with Crippen LogP contribution in [0.25, 0.3) is 0 Å². The van der Waals surface area contributed by atoms with Gasteiger partial charge in [0.25, 0.3) is 0 Å². The molecule has 0 aromatic carbocycles. The molecule has 0 saturated heterocycles. The molecule has 5 atom stereocenters. The summed E-state index contributed by atoms with van der Waals surface area (Å²) in [6.45, 7) is 5.72. The molecule has 0 fully saturated rings. The number of aliphatic hydroxyl groups excluding tert-OH is 1. The molecule has 0 aromatic rings. The molecule has 0 bridgehead atoms. The zero-order valence-electron chi connectivity index (χ0n) is 22.0. The largest absolute Gasteiger partial charge is 0.481 e. The number of aliphatic carboxylic acids is 1. The summed E-state index contributed by atoms with van der Waals surface area (Å²) < 4.78 is 41.3. The third-order valence-electron chi connectivity index (χ3n) is 4.50. The highest BCUT2D eigenvalue weighted by molar-refractivity contribution is 5.83. The molecule has 0 radical (unpaired) electrons. The van der Waals surface area contributed by atoms with Crippen molar-refractivity contribution in [1.82, 2.24) is 0 Å². The maximum absolute atomic E-state index is 12.2. The van der Waals surface area contributed by atoms with E-state index in [-0.39, 0.29) is 26.6 Å². The predicted molar refractivity (Wildman–Crippen MR) is 128 cm³/mol. The summed E-state index contributed by atoms with van der Waals surface area (Å²) in [7, 11) is 3.06. The molecule has 0 aliphatic rings. The fraction of sp³-hybridized carbons (Fsp3) is 0.708. The van der Waals surface area contributed by atoms with Crippen molar-refractivity contribution in [3.05, 3.63) is 24.3 Å². The van der Waals surface area contributed by atoms with Gasteiger partial charge in [0, 0.05) is 26.4 Å².